The normalized spacial score (nSPS) is 18.7. The van der Waals surface area contributed by atoms with E-state index < -0.39 is 10.0 Å². The number of esters is 1. The molecule has 0 bridgehead atoms. The van der Waals surface area contributed by atoms with Crippen molar-refractivity contribution >= 4 is 16.0 Å². The predicted octanol–water partition coefficient (Wildman–Crippen LogP) is 2.20. The molecule has 140 valence electrons. The Morgan fingerprint density at radius 1 is 1.32 bits per heavy atom. The summed E-state index contributed by atoms with van der Waals surface area (Å²) >= 11 is 0. The molecule has 1 heterocycles. The van der Waals surface area contributed by atoms with Gasteiger partial charge in [0.1, 0.15) is 11.6 Å². The molecule has 0 aromatic heterocycles. The van der Waals surface area contributed by atoms with Crippen LogP contribution in [0.3, 0.4) is 0 Å². The van der Waals surface area contributed by atoms with Crippen molar-refractivity contribution in [1.82, 2.24) is 4.31 Å². The highest BCUT2D eigenvalue weighted by Crippen LogP contribution is 2.21. The van der Waals surface area contributed by atoms with Crippen LogP contribution in [-0.4, -0.2) is 50.7 Å². The molecule has 1 aromatic carbocycles. The molecule has 6 nitrogen and oxygen atoms in total. The lowest BCUT2D eigenvalue weighted by molar-refractivity contribution is -0.149. The largest absolute Gasteiger partial charge is 0.494 e. The minimum atomic E-state index is -3.44. The quantitative estimate of drug-likeness (QED) is 0.516. The first-order valence-corrected chi connectivity index (χ1v) is 10.1. The minimum Gasteiger partial charge on any atom is -0.494 e. The van der Waals surface area contributed by atoms with E-state index in [2.05, 4.69) is 0 Å². The van der Waals surface area contributed by atoms with Crippen molar-refractivity contribution in [2.45, 2.75) is 26.2 Å². The van der Waals surface area contributed by atoms with E-state index >= 15 is 0 Å². The van der Waals surface area contributed by atoms with Gasteiger partial charge in [-0.05, 0) is 50.5 Å². The molecule has 0 amide bonds. The van der Waals surface area contributed by atoms with E-state index in [9.17, 15) is 17.6 Å². The summed E-state index contributed by atoms with van der Waals surface area (Å²) in [6, 6.07) is 5.57. The Morgan fingerprint density at radius 3 is 2.72 bits per heavy atom. The van der Waals surface area contributed by atoms with Gasteiger partial charge in [0.15, 0.2) is 0 Å². The molecule has 2 rings (SSSR count). The molecule has 1 saturated heterocycles. The van der Waals surface area contributed by atoms with E-state index in [1.807, 2.05) is 0 Å². The average Bonchev–Trinajstić information content (AvgIpc) is 2.60. The van der Waals surface area contributed by atoms with Gasteiger partial charge in [0.25, 0.3) is 0 Å². The zero-order chi connectivity index (χ0) is 18.3. The molecule has 1 aromatic rings. The van der Waals surface area contributed by atoms with E-state index in [0.717, 1.165) is 0 Å². The number of carbonyl (C=O) groups excluding carboxylic acids is 1. The predicted molar refractivity (Wildman–Crippen MR) is 91.2 cm³/mol. The Labute approximate surface area is 148 Å². The van der Waals surface area contributed by atoms with Gasteiger partial charge < -0.3 is 9.47 Å². The summed E-state index contributed by atoms with van der Waals surface area (Å²) in [5.74, 6) is -0.625. The second-order valence-electron chi connectivity index (χ2n) is 5.92. The number of piperidine rings is 1. The van der Waals surface area contributed by atoms with Crippen molar-refractivity contribution in [1.29, 1.82) is 0 Å². The number of nitrogens with zero attached hydrogens (tertiary/aromatic N) is 1. The Bertz CT molecular complexity index is 662. The van der Waals surface area contributed by atoms with Crippen LogP contribution < -0.4 is 4.74 Å². The Hall–Kier alpha value is -1.67. The van der Waals surface area contributed by atoms with Gasteiger partial charge in [0, 0.05) is 13.1 Å². The maximum atomic E-state index is 12.8. The number of benzene rings is 1. The Kier molecular flexibility index (Phi) is 7.19. The molecule has 0 radical (unpaired) electrons. The highest BCUT2D eigenvalue weighted by atomic mass is 32.2. The smallest absolute Gasteiger partial charge is 0.310 e. The molecule has 1 atom stereocenters. The highest BCUT2D eigenvalue weighted by molar-refractivity contribution is 7.89. The molecule has 0 saturated carbocycles. The maximum Gasteiger partial charge on any atom is 0.310 e. The fraction of sp³-hybridized carbons (Fsp3) is 0.588. The van der Waals surface area contributed by atoms with Crippen molar-refractivity contribution in [3.05, 3.63) is 30.1 Å². The fourth-order valence-electron chi connectivity index (χ4n) is 2.74. The zero-order valence-corrected chi connectivity index (χ0v) is 15.1. The average molecular weight is 373 g/mol. The molecule has 1 aliphatic heterocycles. The van der Waals surface area contributed by atoms with Crippen molar-refractivity contribution in [2.75, 3.05) is 32.1 Å². The van der Waals surface area contributed by atoms with Crippen LogP contribution in [-0.2, 0) is 19.6 Å². The van der Waals surface area contributed by atoms with Gasteiger partial charge in [-0.2, -0.15) is 0 Å². The molecule has 1 unspecified atom stereocenters. The van der Waals surface area contributed by atoms with E-state index in [4.69, 9.17) is 9.47 Å². The number of rotatable bonds is 8. The third-order valence-corrected chi connectivity index (χ3v) is 5.95. The second-order valence-corrected chi connectivity index (χ2v) is 8.01. The number of ether oxygens (including phenoxy) is 2. The summed E-state index contributed by atoms with van der Waals surface area (Å²) in [4.78, 5) is 11.8. The van der Waals surface area contributed by atoms with Crippen LogP contribution in [0, 0.1) is 11.7 Å². The van der Waals surface area contributed by atoms with Crippen molar-refractivity contribution in [2.24, 2.45) is 5.92 Å². The lowest BCUT2D eigenvalue weighted by atomic mass is 10.0. The molecule has 0 spiro atoms. The van der Waals surface area contributed by atoms with Gasteiger partial charge in [0.05, 0.1) is 24.9 Å². The van der Waals surface area contributed by atoms with Crippen LogP contribution in [0.15, 0.2) is 24.3 Å². The van der Waals surface area contributed by atoms with Crippen LogP contribution in [0.25, 0.3) is 0 Å². The number of hydrogen-bond donors (Lipinski definition) is 0. The molecular weight excluding hydrogens is 349 g/mol. The summed E-state index contributed by atoms with van der Waals surface area (Å²) in [5, 5.41) is 0. The van der Waals surface area contributed by atoms with E-state index in [1.54, 1.807) is 6.92 Å². The molecular formula is C17H24FNO5S. The first-order chi connectivity index (χ1) is 11.9. The number of halogens is 1. The van der Waals surface area contributed by atoms with Crippen molar-refractivity contribution in [3.8, 4) is 5.75 Å². The summed E-state index contributed by atoms with van der Waals surface area (Å²) in [7, 11) is -3.44. The van der Waals surface area contributed by atoms with Crippen LogP contribution in [0.4, 0.5) is 4.39 Å². The Balaban J connectivity index is 1.80. The number of hydrogen-bond acceptors (Lipinski definition) is 5. The van der Waals surface area contributed by atoms with Crippen LogP contribution in [0.1, 0.15) is 26.2 Å². The zero-order valence-electron chi connectivity index (χ0n) is 14.3. The highest BCUT2D eigenvalue weighted by Gasteiger charge is 2.32. The molecule has 25 heavy (non-hydrogen) atoms. The van der Waals surface area contributed by atoms with E-state index in [0.29, 0.717) is 38.2 Å². The standard InChI is InChI=1S/C17H24FNO5S/c1-2-23-17(20)14-5-3-10-19(13-14)25(21,22)12-4-11-24-16-8-6-15(18)7-9-16/h6-9,14H,2-5,10-13H2,1H3. The fourth-order valence-corrected chi connectivity index (χ4v) is 4.29. The van der Waals surface area contributed by atoms with Gasteiger partial charge in [-0.25, -0.2) is 17.1 Å². The molecule has 8 heteroatoms. The first-order valence-electron chi connectivity index (χ1n) is 8.45. The third-order valence-electron chi connectivity index (χ3n) is 4.03. The topological polar surface area (TPSA) is 72.9 Å². The molecule has 0 aliphatic carbocycles. The van der Waals surface area contributed by atoms with Gasteiger partial charge in [-0.3, -0.25) is 4.79 Å². The summed E-state index contributed by atoms with van der Waals surface area (Å²) in [6.07, 6.45) is 1.62. The van der Waals surface area contributed by atoms with Crippen molar-refractivity contribution in [3.63, 3.8) is 0 Å². The third kappa shape index (κ3) is 5.97. The SMILES string of the molecule is CCOC(=O)C1CCCN(S(=O)(=O)CCCOc2ccc(F)cc2)C1. The van der Waals surface area contributed by atoms with Gasteiger partial charge in [0.2, 0.25) is 10.0 Å². The molecule has 0 N–H and O–H groups in total. The maximum absolute atomic E-state index is 12.8. The number of carbonyl (C=O) groups is 1. The molecule has 1 fully saturated rings. The van der Waals surface area contributed by atoms with Gasteiger partial charge in [-0.1, -0.05) is 0 Å². The lowest BCUT2D eigenvalue weighted by Crippen LogP contribution is -2.43. The van der Waals surface area contributed by atoms with Crippen LogP contribution in [0.2, 0.25) is 0 Å². The number of sulfonamides is 1. The summed E-state index contributed by atoms with van der Waals surface area (Å²) < 4.78 is 49.4. The van der Waals surface area contributed by atoms with Crippen LogP contribution >= 0.6 is 0 Å². The minimum absolute atomic E-state index is 0.0518. The summed E-state index contributed by atoms with van der Waals surface area (Å²) in [6.45, 7) is 2.86. The first kappa shape index (κ1) is 19.7. The molecule has 1 aliphatic rings. The van der Waals surface area contributed by atoms with Gasteiger partial charge in [-0.15, -0.1) is 0 Å². The van der Waals surface area contributed by atoms with E-state index in [-0.39, 0.29) is 36.6 Å². The lowest BCUT2D eigenvalue weighted by Gasteiger charge is -2.30. The second kappa shape index (κ2) is 9.15. The van der Waals surface area contributed by atoms with Crippen LogP contribution in [0.5, 0.6) is 5.75 Å². The monoisotopic (exact) mass is 373 g/mol. The summed E-state index contributed by atoms with van der Waals surface area (Å²) in [5.41, 5.74) is 0. The Morgan fingerprint density at radius 2 is 2.04 bits per heavy atom. The van der Waals surface area contributed by atoms with E-state index in [1.165, 1.54) is 28.6 Å². The van der Waals surface area contributed by atoms with Crippen molar-refractivity contribution < 1.29 is 27.1 Å². The van der Waals surface area contributed by atoms with Gasteiger partial charge >= 0.3 is 5.97 Å².